The zero-order valence-electron chi connectivity index (χ0n) is 19.3. The van der Waals surface area contributed by atoms with Gasteiger partial charge in [-0.15, -0.1) is 0 Å². The van der Waals surface area contributed by atoms with E-state index in [1.165, 1.54) is 27.8 Å². The van der Waals surface area contributed by atoms with Crippen LogP contribution in [-0.2, 0) is 0 Å². The standard InChI is InChI=1S/C33H27N/c1-26-12-20-31(21-13-26)34(33-24-18-30(19-25-33)29-10-6-3-7-11-29)32-22-16-28(17-23-32)15-14-27-8-4-2-5-9-27/h2-25H,1H3/b15-14+. The summed E-state index contributed by atoms with van der Waals surface area (Å²) in [5, 5.41) is 0. The lowest BCUT2D eigenvalue weighted by Gasteiger charge is -2.26. The van der Waals surface area contributed by atoms with Gasteiger partial charge in [0.25, 0.3) is 0 Å². The normalized spacial score (nSPS) is 11.0. The Morgan fingerprint density at radius 1 is 0.412 bits per heavy atom. The molecule has 0 saturated heterocycles. The molecular formula is C33H27N. The molecule has 5 aromatic rings. The molecule has 0 aliphatic carbocycles. The van der Waals surface area contributed by atoms with E-state index >= 15 is 0 Å². The van der Waals surface area contributed by atoms with Crippen LogP contribution in [0.2, 0.25) is 0 Å². The van der Waals surface area contributed by atoms with Gasteiger partial charge in [0, 0.05) is 17.1 Å². The number of hydrogen-bond donors (Lipinski definition) is 0. The molecule has 5 rings (SSSR count). The van der Waals surface area contributed by atoms with E-state index in [1.54, 1.807) is 0 Å². The Hall–Kier alpha value is -4.36. The van der Waals surface area contributed by atoms with E-state index < -0.39 is 0 Å². The first-order valence-corrected chi connectivity index (χ1v) is 11.6. The van der Waals surface area contributed by atoms with E-state index in [-0.39, 0.29) is 0 Å². The summed E-state index contributed by atoms with van der Waals surface area (Å²) in [6.07, 6.45) is 4.30. The molecule has 0 unspecified atom stereocenters. The van der Waals surface area contributed by atoms with Crippen LogP contribution in [0.1, 0.15) is 16.7 Å². The Kier molecular flexibility index (Phi) is 6.36. The van der Waals surface area contributed by atoms with Crippen LogP contribution < -0.4 is 4.90 Å². The van der Waals surface area contributed by atoms with Crippen LogP contribution in [0.25, 0.3) is 23.3 Å². The van der Waals surface area contributed by atoms with Crippen molar-refractivity contribution in [1.82, 2.24) is 0 Å². The van der Waals surface area contributed by atoms with E-state index in [9.17, 15) is 0 Å². The minimum atomic E-state index is 1.13. The second-order valence-corrected chi connectivity index (χ2v) is 8.42. The van der Waals surface area contributed by atoms with Crippen molar-refractivity contribution >= 4 is 29.2 Å². The summed E-state index contributed by atoms with van der Waals surface area (Å²) in [4.78, 5) is 2.30. The molecule has 1 nitrogen and oxygen atoms in total. The first kappa shape index (κ1) is 21.5. The van der Waals surface area contributed by atoms with Gasteiger partial charge in [-0.25, -0.2) is 0 Å². The Labute approximate surface area is 202 Å². The first-order valence-electron chi connectivity index (χ1n) is 11.6. The third-order valence-electron chi connectivity index (χ3n) is 5.94. The second kappa shape index (κ2) is 10.1. The van der Waals surface area contributed by atoms with Crippen LogP contribution in [0.3, 0.4) is 0 Å². The SMILES string of the molecule is Cc1ccc(N(c2ccc(/C=C/c3ccccc3)cc2)c2ccc(-c3ccccc3)cc2)cc1. The van der Waals surface area contributed by atoms with Gasteiger partial charge in [0.05, 0.1) is 0 Å². The zero-order valence-corrected chi connectivity index (χ0v) is 19.3. The van der Waals surface area contributed by atoms with Gasteiger partial charge >= 0.3 is 0 Å². The number of hydrogen-bond acceptors (Lipinski definition) is 1. The minimum Gasteiger partial charge on any atom is -0.311 e. The van der Waals surface area contributed by atoms with Crippen molar-refractivity contribution in [2.75, 3.05) is 4.90 Å². The summed E-state index contributed by atoms with van der Waals surface area (Å²) in [6.45, 7) is 2.12. The first-order chi connectivity index (χ1) is 16.8. The highest BCUT2D eigenvalue weighted by Gasteiger charge is 2.12. The lowest BCUT2D eigenvalue weighted by molar-refractivity contribution is 1.27. The Bertz CT molecular complexity index is 1350. The Morgan fingerprint density at radius 2 is 0.824 bits per heavy atom. The molecule has 0 fully saturated rings. The third kappa shape index (κ3) is 5.00. The number of aryl methyl sites for hydroxylation is 1. The van der Waals surface area contributed by atoms with Crippen LogP contribution in [0.15, 0.2) is 133 Å². The molecule has 0 spiro atoms. The van der Waals surface area contributed by atoms with Crippen LogP contribution in [-0.4, -0.2) is 0 Å². The van der Waals surface area contributed by atoms with E-state index in [0.717, 1.165) is 17.1 Å². The van der Waals surface area contributed by atoms with E-state index in [2.05, 4.69) is 151 Å². The summed E-state index contributed by atoms with van der Waals surface area (Å²) < 4.78 is 0. The van der Waals surface area contributed by atoms with Crippen LogP contribution in [0.5, 0.6) is 0 Å². The maximum atomic E-state index is 2.30. The zero-order chi connectivity index (χ0) is 23.2. The quantitative estimate of drug-likeness (QED) is 0.239. The molecule has 0 heterocycles. The summed E-state index contributed by atoms with van der Waals surface area (Å²) in [6, 6.07) is 47.1. The number of rotatable bonds is 6. The van der Waals surface area contributed by atoms with Crippen molar-refractivity contribution in [1.29, 1.82) is 0 Å². The molecule has 0 aromatic heterocycles. The Morgan fingerprint density at radius 3 is 1.38 bits per heavy atom. The lowest BCUT2D eigenvalue weighted by Crippen LogP contribution is -2.09. The van der Waals surface area contributed by atoms with Crippen molar-refractivity contribution in [2.45, 2.75) is 6.92 Å². The van der Waals surface area contributed by atoms with Gasteiger partial charge in [0.15, 0.2) is 0 Å². The molecule has 0 saturated carbocycles. The van der Waals surface area contributed by atoms with Crippen molar-refractivity contribution in [2.24, 2.45) is 0 Å². The van der Waals surface area contributed by atoms with Gasteiger partial charge in [-0.3, -0.25) is 0 Å². The molecular weight excluding hydrogens is 410 g/mol. The average molecular weight is 438 g/mol. The Balaban J connectivity index is 1.47. The summed E-state index contributed by atoms with van der Waals surface area (Å²) >= 11 is 0. The highest BCUT2D eigenvalue weighted by atomic mass is 15.1. The summed E-state index contributed by atoms with van der Waals surface area (Å²) in [5.74, 6) is 0. The predicted octanol–water partition coefficient (Wildman–Crippen LogP) is 9.30. The summed E-state index contributed by atoms with van der Waals surface area (Å²) in [7, 11) is 0. The number of nitrogens with zero attached hydrogens (tertiary/aromatic N) is 1. The molecule has 0 N–H and O–H groups in total. The second-order valence-electron chi connectivity index (χ2n) is 8.42. The highest BCUT2D eigenvalue weighted by Crippen LogP contribution is 2.36. The number of anilines is 3. The largest absolute Gasteiger partial charge is 0.311 e. The molecule has 0 aliphatic heterocycles. The van der Waals surface area contributed by atoms with E-state index in [4.69, 9.17) is 0 Å². The van der Waals surface area contributed by atoms with Crippen molar-refractivity contribution in [3.8, 4) is 11.1 Å². The molecule has 0 amide bonds. The molecule has 0 aliphatic rings. The average Bonchev–Trinajstić information content (AvgIpc) is 2.91. The third-order valence-corrected chi connectivity index (χ3v) is 5.94. The molecule has 0 bridgehead atoms. The van der Waals surface area contributed by atoms with E-state index in [0.29, 0.717) is 0 Å². The van der Waals surface area contributed by atoms with Crippen LogP contribution in [0.4, 0.5) is 17.1 Å². The molecule has 164 valence electrons. The number of benzene rings is 5. The minimum absolute atomic E-state index is 1.13. The monoisotopic (exact) mass is 437 g/mol. The maximum Gasteiger partial charge on any atom is 0.0462 e. The fraction of sp³-hybridized carbons (Fsp3) is 0.0303. The molecule has 1 heteroatoms. The van der Waals surface area contributed by atoms with Gasteiger partial charge in [-0.2, -0.15) is 0 Å². The van der Waals surface area contributed by atoms with Crippen molar-refractivity contribution in [3.63, 3.8) is 0 Å². The van der Waals surface area contributed by atoms with E-state index in [1.807, 2.05) is 6.07 Å². The van der Waals surface area contributed by atoms with Crippen LogP contribution in [0, 0.1) is 6.92 Å². The van der Waals surface area contributed by atoms with Crippen LogP contribution >= 0.6 is 0 Å². The topological polar surface area (TPSA) is 3.24 Å². The van der Waals surface area contributed by atoms with Gasteiger partial charge in [0.1, 0.15) is 0 Å². The molecule has 34 heavy (non-hydrogen) atoms. The van der Waals surface area contributed by atoms with Gasteiger partial charge < -0.3 is 4.90 Å². The fourth-order valence-electron chi connectivity index (χ4n) is 4.07. The predicted molar refractivity (Wildman–Crippen MR) is 147 cm³/mol. The van der Waals surface area contributed by atoms with Crippen molar-refractivity contribution in [3.05, 3.63) is 150 Å². The van der Waals surface area contributed by atoms with Crippen molar-refractivity contribution < 1.29 is 0 Å². The van der Waals surface area contributed by atoms with Gasteiger partial charge in [-0.1, -0.05) is 115 Å². The molecule has 0 atom stereocenters. The lowest BCUT2D eigenvalue weighted by atomic mass is 10.0. The fourth-order valence-corrected chi connectivity index (χ4v) is 4.07. The van der Waals surface area contributed by atoms with Gasteiger partial charge in [0.2, 0.25) is 0 Å². The smallest absolute Gasteiger partial charge is 0.0462 e. The summed E-state index contributed by atoms with van der Waals surface area (Å²) in [5.41, 5.74) is 9.49. The van der Waals surface area contributed by atoms with Gasteiger partial charge in [-0.05, 0) is 65.6 Å². The maximum absolute atomic E-state index is 2.30. The molecule has 5 aromatic carbocycles. The highest BCUT2D eigenvalue weighted by molar-refractivity contribution is 5.79. The molecule has 0 radical (unpaired) electrons.